The second kappa shape index (κ2) is 5.50. The summed E-state index contributed by atoms with van der Waals surface area (Å²) in [5.74, 6) is -0.242. The maximum absolute atomic E-state index is 10.8. The van der Waals surface area contributed by atoms with Crippen LogP contribution in [0.15, 0.2) is 40.9 Å². The molecule has 19 heavy (non-hydrogen) atoms. The van der Waals surface area contributed by atoms with Crippen LogP contribution in [0, 0.1) is 0 Å². The summed E-state index contributed by atoms with van der Waals surface area (Å²) in [6.07, 6.45) is 0. The number of halogens is 2. The molecule has 0 fully saturated rings. The fourth-order valence-electron chi connectivity index (χ4n) is 1.45. The number of rotatable bonds is 3. The molecule has 98 valence electrons. The lowest BCUT2D eigenvalue weighted by Crippen LogP contribution is -1.99. The molecule has 2 rings (SSSR count). The molecule has 3 N–H and O–H groups in total. The topological polar surface area (TPSA) is 72.6 Å². The molecule has 4 nitrogen and oxygen atoms in total. The van der Waals surface area contributed by atoms with Gasteiger partial charge in [-0.05, 0) is 36.4 Å². The number of carboxylic acids is 1. The van der Waals surface area contributed by atoms with E-state index in [0.29, 0.717) is 16.5 Å². The normalized spacial score (nSPS) is 10.2. The molecule has 0 aliphatic rings. The summed E-state index contributed by atoms with van der Waals surface area (Å²) >= 11 is 9.32. The molecule has 0 unspecified atom stereocenters. The van der Waals surface area contributed by atoms with Crippen molar-refractivity contribution in [3.05, 3.63) is 51.5 Å². The predicted octanol–water partition coefficient (Wildman–Crippen LogP) is 4.18. The number of carbonyl (C=O) groups is 1. The average molecular weight is 343 g/mol. The number of aromatic carboxylic acids is 1. The number of ether oxygens (including phenoxy) is 1. The third kappa shape index (κ3) is 3.19. The van der Waals surface area contributed by atoms with Gasteiger partial charge >= 0.3 is 5.97 Å². The van der Waals surface area contributed by atoms with Gasteiger partial charge in [0.2, 0.25) is 0 Å². The molecule has 0 saturated carbocycles. The Hall–Kier alpha value is -1.72. The van der Waals surface area contributed by atoms with Gasteiger partial charge in [0.1, 0.15) is 11.5 Å². The molecular weight excluding hydrogens is 334 g/mol. The van der Waals surface area contributed by atoms with Crippen LogP contribution in [0.25, 0.3) is 0 Å². The van der Waals surface area contributed by atoms with E-state index in [2.05, 4.69) is 15.9 Å². The Morgan fingerprint density at radius 3 is 2.47 bits per heavy atom. The number of hydrogen-bond donors (Lipinski definition) is 2. The molecule has 0 radical (unpaired) electrons. The lowest BCUT2D eigenvalue weighted by atomic mass is 10.2. The summed E-state index contributed by atoms with van der Waals surface area (Å²) in [5, 5.41) is 9.27. The van der Waals surface area contributed by atoms with Crippen molar-refractivity contribution in [2.75, 3.05) is 5.73 Å². The first-order valence-corrected chi connectivity index (χ1v) is 6.40. The van der Waals surface area contributed by atoms with E-state index >= 15 is 0 Å². The van der Waals surface area contributed by atoms with Crippen molar-refractivity contribution in [3.8, 4) is 11.5 Å². The summed E-state index contributed by atoms with van der Waals surface area (Å²) < 4.78 is 6.39. The highest BCUT2D eigenvalue weighted by atomic mass is 79.9. The first kappa shape index (κ1) is 13.7. The highest BCUT2D eigenvalue weighted by Gasteiger charge is 2.09. The van der Waals surface area contributed by atoms with Gasteiger partial charge in [-0.2, -0.15) is 0 Å². The monoisotopic (exact) mass is 341 g/mol. The molecule has 0 aromatic heterocycles. The van der Waals surface area contributed by atoms with Gasteiger partial charge in [-0.15, -0.1) is 0 Å². The lowest BCUT2D eigenvalue weighted by molar-refractivity contribution is 0.0697. The minimum atomic E-state index is -1.04. The van der Waals surface area contributed by atoms with Crippen LogP contribution in [0.1, 0.15) is 10.4 Å². The fraction of sp³-hybridized carbons (Fsp3) is 0. The number of carboxylic acid groups (broad SMARTS) is 1. The van der Waals surface area contributed by atoms with E-state index in [0.717, 1.165) is 4.47 Å². The van der Waals surface area contributed by atoms with Crippen LogP contribution in [-0.2, 0) is 0 Å². The Morgan fingerprint density at radius 1 is 1.21 bits per heavy atom. The zero-order valence-electron chi connectivity index (χ0n) is 9.56. The van der Waals surface area contributed by atoms with Crippen molar-refractivity contribution >= 4 is 39.2 Å². The van der Waals surface area contributed by atoms with Crippen LogP contribution in [0.3, 0.4) is 0 Å². The zero-order chi connectivity index (χ0) is 14.0. The van der Waals surface area contributed by atoms with Crippen LogP contribution >= 0.6 is 27.5 Å². The van der Waals surface area contributed by atoms with Crippen molar-refractivity contribution in [2.45, 2.75) is 0 Å². The van der Waals surface area contributed by atoms with Crippen LogP contribution < -0.4 is 10.5 Å². The van der Waals surface area contributed by atoms with Gasteiger partial charge in [0, 0.05) is 4.47 Å². The van der Waals surface area contributed by atoms with E-state index in [-0.39, 0.29) is 11.3 Å². The largest absolute Gasteiger partial charge is 0.478 e. The Kier molecular flexibility index (Phi) is 3.97. The quantitative estimate of drug-likeness (QED) is 0.821. The third-order valence-electron chi connectivity index (χ3n) is 2.37. The minimum absolute atomic E-state index is 0.103. The van der Waals surface area contributed by atoms with Gasteiger partial charge in [0.05, 0.1) is 16.3 Å². The number of benzene rings is 2. The molecule has 0 aliphatic heterocycles. The van der Waals surface area contributed by atoms with Crippen molar-refractivity contribution < 1.29 is 14.6 Å². The molecule has 6 heteroatoms. The average Bonchev–Trinajstić information content (AvgIpc) is 2.34. The number of anilines is 1. The van der Waals surface area contributed by atoms with Gasteiger partial charge in [-0.25, -0.2) is 4.79 Å². The van der Waals surface area contributed by atoms with Gasteiger partial charge in [-0.3, -0.25) is 0 Å². The Labute approximate surface area is 122 Å². The lowest BCUT2D eigenvalue weighted by Gasteiger charge is -2.10. The summed E-state index contributed by atoms with van der Waals surface area (Å²) in [4.78, 5) is 10.8. The van der Waals surface area contributed by atoms with E-state index in [1.807, 2.05) is 0 Å². The predicted molar refractivity (Wildman–Crippen MR) is 77.0 cm³/mol. The second-order valence-corrected chi connectivity index (χ2v) is 5.06. The van der Waals surface area contributed by atoms with Crippen LogP contribution in [-0.4, -0.2) is 11.1 Å². The molecule has 0 amide bonds. The van der Waals surface area contributed by atoms with E-state index in [4.69, 9.17) is 27.2 Å². The molecule has 2 aromatic carbocycles. The molecular formula is C13H9BrClNO3. The molecule has 0 atom stereocenters. The number of hydrogen-bond acceptors (Lipinski definition) is 3. The molecule has 0 heterocycles. The third-order valence-corrected chi connectivity index (χ3v) is 3.16. The maximum atomic E-state index is 10.8. The number of nitrogens with two attached hydrogens (primary N) is 1. The Balaban J connectivity index is 2.31. The molecule has 0 bridgehead atoms. The van der Waals surface area contributed by atoms with Crippen LogP contribution in [0.2, 0.25) is 5.02 Å². The van der Waals surface area contributed by atoms with E-state index in [9.17, 15) is 4.79 Å². The second-order valence-electron chi connectivity index (χ2n) is 3.73. The van der Waals surface area contributed by atoms with E-state index < -0.39 is 5.97 Å². The van der Waals surface area contributed by atoms with Crippen LogP contribution in [0.5, 0.6) is 11.5 Å². The first-order valence-electron chi connectivity index (χ1n) is 5.23. The fourth-order valence-corrected chi connectivity index (χ4v) is 2.16. The summed E-state index contributed by atoms with van der Waals surface area (Å²) in [5.41, 5.74) is 6.08. The first-order chi connectivity index (χ1) is 8.97. The van der Waals surface area contributed by atoms with E-state index in [1.54, 1.807) is 18.2 Å². The van der Waals surface area contributed by atoms with Gasteiger partial charge < -0.3 is 15.6 Å². The standard InChI is InChI=1S/C13H9BrClNO3/c14-8-2-4-11(9(15)6-8)19-12-3-1-7(13(17)18)5-10(12)16/h1-6H,16H2,(H,17,18). The number of nitrogen functional groups attached to an aromatic ring is 1. The van der Waals surface area contributed by atoms with E-state index in [1.165, 1.54) is 18.2 Å². The van der Waals surface area contributed by atoms with Crippen molar-refractivity contribution in [1.29, 1.82) is 0 Å². The zero-order valence-corrected chi connectivity index (χ0v) is 11.9. The molecule has 0 saturated heterocycles. The molecule has 2 aromatic rings. The minimum Gasteiger partial charge on any atom is -0.478 e. The van der Waals surface area contributed by atoms with Gasteiger partial charge in [0.15, 0.2) is 0 Å². The van der Waals surface area contributed by atoms with Crippen molar-refractivity contribution in [1.82, 2.24) is 0 Å². The summed E-state index contributed by atoms with van der Waals surface area (Å²) in [7, 11) is 0. The molecule has 0 aliphatic carbocycles. The van der Waals surface area contributed by atoms with Crippen LogP contribution in [0.4, 0.5) is 5.69 Å². The van der Waals surface area contributed by atoms with Crippen molar-refractivity contribution in [3.63, 3.8) is 0 Å². The van der Waals surface area contributed by atoms with Crippen molar-refractivity contribution in [2.24, 2.45) is 0 Å². The van der Waals surface area contributed by atoms with Gasteiger partial charge in [-0.1, -0.05) is 27.5 Å². The van der Waals surface area contributed by atoms with Gasteiger partial charge in [0.25, 0.3) is 0 Å². The SMILES string of the molecule is Nc1cc(C(=O)O)ccc1Oc1ccc(Br)cc1Cl. The maximum Gasteiger partial charge on any atom is 0.335 e. The highest BCUT2D eigenvalue weighted by Crippen LogP contribution is 2.34. The Bertz CT molecular complexity index is 646. The summed E-state index contributed by atoms with van der Waals surface area (Å²) in [6, 6.07) is 9.42. The molecule has 0 spiro atoms. The summed E-state index contributed by atoms with van der Waals surface area (Å²) in [6.45, 7) is 0. The smallest absolute Gasteiger partial charge is 0.335 e. The Morgan fingerprint density at radius 2 is 1.89 bits per heavy atom. The highest BCUT2D eigenvalue weighted by molar-refractivity contribution is 9.10.